The Bertz CT molecular complexity index is 878. The first kappa shape index (κ1) is 13.5. The first-order valence-electron chi connectivity index (χ1n) is 6.09. The molecular weight excluding hydrogens is 293 g/mol. The molecule has 2 heterocycles. The number of carbonyl (C=O) groups excluding carboxylic acids is 1. The molecule has 4 nitrogen and oxygen atoms in total. The molecule has 1 N–H and O–H groups in total. The molecule has 0 unspecified atom stereocenters. The minimum atomic E-state index is -1.09. The summed E-state index contributed by atoms with van der Waals surface area (Å²) in [6.45, 7) is 0. The smallest absolute Gasteiger partial charge is 0.352 e. The van der Waals surface area contributed by atoms with Crippen molar-refractivity contribution in [2.24, 2.45) is 7.05 Å². The number of nitrogens with zero attached hydrogens (tertiary/aromatic N) is 1. The van der Waals surface area contributed by atoms with Crippen LogP contribution in [0.5, 0.6) is 0 Å². The number of hydrogen-bond donors (Lipinski definition) is 1. The lowest BCUT2D eigenvalue weighted by atomic mass is 10.1. The van der Waals surface area contributed by atoms with Gasteiger partial charge in [-0.1, -0.05) is 6.07 Å². The molecular formula is C15H10FNO3S. The monoisotopic (exact) mass is 303 g/mol. The van der Waals surface area contributed by atoms with Gasteiger partial charge in [0.05, 0.1) is 4.88 Å². The number of carboxylic acids is 1. The first-order chi connectivity index (χ1) is 9.95. The number of thiophene rings is 1. The molecule has 0 spiro atoms. The third-order valence-corrected chi connectivity index (χ3v) is 4.29. The van der Waals surface area contributed by atoms with E-state index in [1.807, 2.05) is 0 Å². The van der Waals surface area contributed by atoms with Crippen molar-refractivity contribution in [3.05, 3.63) is 58.5 Å². The predicted octanol–water partition coefficient (Wildman–Crippen LogP) is 3.31. The maximum atomic E-state index is 13.2. The van der Waals surface area contributed by atoms with Gasteiger partial charge in [-0.3, -0.25) is 4.79 Å². The van der Waals surface area contributed by atoms with Crippen molar-refractivity contribution in [3.8, 4) is 0 Å². The largest absolute Gasteiger partial charge is 0.477 e. The SMILES string of the molecule is Cn1cc(C(=O)c2cc3ccc(F)cc3s2)cc1C(=O)O. The highest BCUT2D eigenvalue weighted by Crippen LogP contribution is 2.28. The summed E-state index contributed by atoms with van der Waals surface area (Å²) in [6.07, 6.45) is 1.48. The van der Waals surface area contributed by atoms with Crippen LogP contribution in [0.25, 0.3) is 10.1 Å². The van der Waals surface area contributed by atoms with E-state index in [-0.39, 0.29) is 17.3 Å². The highest BCUT2D eigenvalue weighted by atomic mass is 32.1. The Balaban J connectivity index is 2.03. The van der Waals surface area contributed by atoms with E-state index < -0.39 is 5.97 Å². The Morgan fingerprint density at radius 2 is 2.00 bits per heavy atom. The Hall–Kier alpha value is -2.47. The summed E-state index contributed by atoms with van der Waals surface area (Å²) in [5, 5.41) is 9.80. The normalized spacial score (nSPS) is 11.0. The second-order valence-corrected chi connectivity index (χ2v) is 5.74. The van der Waals surface area contributed by atoms with Crippen LogP contribution in [0.2, 0.25) is 0 Å². The first-order valence-corrected chi connectivity index (χ1v) is 6.91. The lowest BCUT2D eigenvalue weighted by Crippen LogP contribution is -2.02. The van der Waals surface area contributed by atoms with Gasteiger partial charge in [-0.25, -0.2) is 9.18 Å². The number of aromatic carboxylic acids is 1. The van der Waals surface area contributed by atoms with Crippen LogP contribution in [0.3, 0.4) is 0 Å². The Morgan fingerprint density at radius 3 is 2.67 bits per heavy atom. The molecule has 0 saturated carbocycles. The van der Waals surface area contributed by atoms with Crippen LogP contribution in [0.1, 0.15) is 25.7 Å². The van der Waals surface area contributed by atoms with Gasteiger partial charge in [-0.15, -0.1) is 11.3 Å². The number of benzene rings is 1. The lowest BCUT2D eigenvalue weighted by molar-refractivity contribution is 0.0686. The second kappa shape index (κ2) is 4.82. The zero-order chi connectivity index (χ0) is 15.1. The average Bonchev–Trinajstić information content (AvgIpc) is 3.00. The van der Waals surface area contributed by atoms with Gasteiger partial charge in [0.1, 0.15) is 11.5 Å². The van der Waals surface area contributed by atoms with Gasteiger partial charge in [-0.2, -0.15) is 0 Å². The number of carboxylic acid groups (broad SMARTS) is 1. The summed E-state index contributed by atoms with van der Waals surface area (Å²) in [5.41, 5.74) is 0.354. The van der Waals surface area contributed by atoms with Gasteiger partial charge >= 0.3 is 5.97 Å². The van der Waals surface area contributed by atoms with Gasteiger partial charge < -0.3 is 9.67 Å². The summed E-state index contributed by atoms with van der Waals surface area (Å²) < 4.78 is 15.2. The minimum absolute atomic E-state index is 0.0468. The molecule has 0 atom stereocenters. The van der Waals surface area contributed by atoms with E-state index in [1.54, 1.807) is 19.2 Å². The Labute approximate surface area is 123 Å². The van der Waals surface area contributed by atoms with Gasteiger partial charge in [0.25, 0.3) is 0 Å². The molecule has 0 aliphatic rings. The van der Waals surface area contributed by atoms with Gasteiger partial charge in [0, 0.05) is 23.5 Å². The summed E-state index contributed by atoms with van der Waals surface area (Å²) in [5.74, 6) is -1.70. The number of aryl methyl sites for hydroxylation is 1. The van der Waals surface area contributed by atoms with Crippen LogP contribution < -0.4 is 0 Å². The van der Waals surface area contributed by atoms with Crippen LogP contribution in [0, 0.1) is 5.82 Å². The lowest BCUT2D eigenvalue weighted by Gasteiger charge is -1.93. The maximum Gasteiger partial charge on any atom is 0.352 e. The minimum Gasteiger partial charge on any atom is -0.477 e. The molecule has 106 valence electrons. The summed E-state index contributed by atoms with van der Waals surface area (Å²) in [6, 6.07) is 7.37. The molecule has 0 aliphatic carbocycles. The van der Waals surface area contributed by atoms with Gasteiger partial charge in [-0.05, 0) is 29.7 Å². The quantitative estimate of drug-likeness (QED) is 0.755. The van der Waals surface area contributed by atoms with E-state index in [0.717, 1.165) is 5.39 Å². The third kappa shape index (κ3) is 2.34. The number of carbonyl (C=O) groups is 2. The third-order valence-electron chi connectivity index (χ3n) is 3.19. The number of fused-ring (bicyclic) bond motifs is 1. The molecule has 3 rings (SSSR count). The molecule has 2 aromatic heterocycles. The molecule has 21 heavy (non-hydrogen) atoms. The van der Waals surface area contributed by atoms with Crippen molar-refractivity contribution in [1.82, 2.24) is 4.57 Å². The van der Waals surface area contributed by atoms with E-state index in [2.05, 4.69) is 0 Å². The Kier molecular flexibility index (Phi) is 3.10. The number of rotatable bonds is 3. The number of halogens is 1. The van der Waals surface area contributed by atoms with E-state index in [0.29, 0.717) is 15.1 Å². The number of ketones is 1. The van der Waals surface area contributed by atoms with Crippen molar-refractivity contribution >= 4 is 33.2 Å². The molecule has 1 aromatic carbocycles. The summed E-state index contributed by atoms with van der Waals surface area (Å²) in [4.78, 5) is 23.9. The molecule has 0 amide bonds. The van der Waals surface area contributed by atoms with Gasteiger partial charge in [0.15, 0.2) is 0 Å². The fourth-order valence-corrected chi connectivity index (χ4v) is 3.21. The maximum absolute atomic E-state index is 13.2. The topological polar surface area (TPSA) is 59.3 Å². The molecule has 3 aromatic rings. The zero-order valence-electron chi connectivity index (χ0n) is 11.0. The molecule has 0 radical (unpaired) electrons. The summed E-state index contributed by atoms with van der Waals surface area (Å²) in [7, 11) is 1.57. The van der Waals surface area contributed by atoms with Crippen molar-refractivity contribution in [2.45, 2.75) is 0 Å². The highest BCUT2D eigenvalue weighted by Gasteiger charge is 2.18. The van der Waals surface area contributed by atoms with Crippen molar-refractivity contribution in [3.63, 3.8) is 0 Å². The molecule has 0 fully saturated rings. The van der Waals surface area contributed by atoms with E-state index >= 15 is 0 Å². The fourth-order valence-electron chi connectivity index (χ4n) is 2.16. The van der Waals surface area contributed by atoms with E-state index in [9.17, 15) is 14.0 Å². The van der Waals surface area contributed by atoms with Crippen LogP contribution in [-0.4, -0.2) is 21.4 Å². The van der Waals surface area contributed by atoms with E-state index in [1.165, 1.54) is 40.3 Å². The molecule has 6 heteroatoms. The summed E-state index contributed by atoms with van der Waals surface area (Å²) >= 11 is 1.19. The van der Waals surface area contributed by atoms with E-state index in [4.69, 9.17) is 5.11 Å². The van der Waals surface area contributed by atoms with Crippen LogP contribution in [0.15, 0.2) is 36.5 Å². The van der Waals surface area contributed by atoms with Crippen molar-refractivity contribution < 1.29 is 19.1 Å². The fraction of sp³-hybridized carbons (Fsp3) is 0.0667. The molecule has 0 bridgehead atoms. The Morgan fingerprint density at radius 1 is 1.24 bits per heavy atom. The van der Waals surface area contributed by atoms with Crippen LogP contribution in [-0.2, 0) is 7.05 Å². The van der Waals surface area contributed by atoms with Crippen molar-refractivity contribution in [1.29, 1.82) is 0 Å². The standard InChI is InChI=1S/C15H10FNO3S/c1-17-7-9(4-11(17)15(19)20)14(18)13-5-8-2-3-10(16)6-12(8)21-13/h2-7H,1H3,(H,19,20). The van der Waals surface area contributed by atoms with Crippen molar-refractivity contribution in [2.75, 3.05) is 0 Å². The van der Waals surface area contributed by atoms with Crippen LogP contribution in [0.4, 0.5) is 4.39 Å². The predicted molar refractivity (Wildman–Crippen MR) is 77.6 cm³/mol. The van der Waals surface area contributed by atoms with Gasteiger partial charge in [0.2, 0.25) is 5.78 Å². The highest BCUT2D eigenvalue weighted by molar-refractivity contribution is 7.21. The molecule has 0 saturated heterocycles. The number of aromatic nitrogens is 1. The zero-order valence-corrected chi connectivity index (χ0v) is 11.8. The van der Waals surface area contributed by atoms with Crippen LogP contribution >= 0.6 is 11.3 Å². The molecule has 0 aliphatic heterocycles. The second-order valence-electron chi connectivity index (χ2n) is 4.65. The number of hydrogen-bond acceptors (Lipinski definition) is 3. The average molecular weight is 303 g/mol.